The zero-order chi connectivity index (χ0) is 11.5. The Morgan fingerprint density at radius 3 is 2.94 bits per heavy atom. The van der Waals surface area contributed by atoms with Crippen LogP contribution in [0.4, 0.5) is 11.8 Å². The molecule has 0 amide bonds. The minimum atomic E-state index is -0.346. The number of hydrogen-bond donors (Lipinski definition) is 3. The van der Waals surface area contributed by atoms with Crippen LogP contribution in [0.15, 0.2) is 6.20 Å². The first-order valence-electron chi connectivity index (χ1n) is 5.39. The summed E-state index contributed by atoms with van der Waals surface area (Å²) in [7, 11) is 0. The highest BCUT2D eigenvalue weighted by Crippen LogP contribution is 2.25. The summed E-state index contributed by atoms with van der Waals surface area (Å²) in [5.74, 6) is 0.678. The van der Waals surface area contributed by atoms with E-state index in [1.54, 1.807) is 0 Å². The van der Waals surface area contributed by atoms with Crippen molar-refractivity contribution in [3.05, 3.63) is 11.2 Å². The van der Waals surface area contributed by atoms with Gasteiger partial charge in [0.1, 0.15) is 5.02 Å². The van der Waals surface area contributed by atoms with Crippen molar-refractivity contribution in [2.75, 3.05) is 11.1 Å². The summed E-state index contributed by atoms with van der Waals surface area (Å²) in [6.45, 7) is 0. The van der Waals surface area contributed by atoms with Gasteiger partial charge in [0.05, 0.1) is 18.3 Å². The summed E-state index contributed by atoms with van der Waals surface area (Å²) in [6, 6.07) is 0.000509. The highest BCUT2D eigenvalue weighted by atomic mass is 35.5. The molecule has 1 aliphatic rings. The molecule has 1 fully saturated rings. The Balaban J connectivity index is 2.10. The Morgan fingerprint density at radius 1 is 1.44 bits per heavy atom. The van der Waals surface area contributed by atoms with Crippen molar-refractivity contribution in [3.63, 3.8) is 0 Å². The van der Waals surface area contributed by atoms with E-state index >= 15 is 0 Å². The van der Waals surface area contributed by atoms with Crippen molar-refractivity contribution in [2.45, 2.75) is 37.8 Å². The second-order valence-electron chi connectivity index (χ2n) is 4.03. The number of anilines is 2. The summed E-state index contributed by atoms with van der Waals surface area (Å²) in [6.07, 6.45) is 5.02. The molecular formula is C10H15ClN4O. The van der Waals surface area contributed by atoms with Gasteiger partial charge in [-0.25, -0.2) is 4.98 Å². The van der Waals surface area contributed by atoms with E-state index in [2.05, 4.69) is 15.3 Å². The predicted octanol–water partition coefficient (Wildman–Crippen LogP) is 1.43. The van der Waals surface area contributed by atoms with Gasteiger partial charge < -0.3 is 16.2 Å². The largest absolute Gasteiger partial charge is 0.391 e. The summed E-state index contributed by atoms with van der Waals surface area (Å²) < 4.78 is 0. The van der Waals surface area contributed by atoms with Crippen LogP contribution >= 0.6 is 11.6 Å². The van der Waals surface area contributed by atoms with E-state index in [0.717, 1.165) is 25.7 Å². The van der Waals surface area contributed by atoms with Gasteiger partial charge >= 0.3 is 0 Å². The lowest BCUT2D eigenvalue weighted by Crippen LogP contribution is -2.36. The zero-order valence-electron chi connectivity index (χ0n) is 8.86. The van der Waals surface area contributed by atoms with Gasteiger partial charge in [-0.05, 0) is 12.8 Å². The number of nitrogen functional groups attached to an aromatic ring is 1. The van der Waals surface area contributed by atoms with Crippen molar-refractivity contribution >= 4 is 23.4 Å². The van der Waals surface area contributed by atoms with Crippen LogP contribution in [0.1, 0.15) is 25.7 Å². The van der Waals surface area contributed by atoms with Crippen molar-refractivity contribution in [1.29, 1.82) is 0 Å². The molecule has 1 aliphatic carbocycles. The van der Waals surface area contributed by atoms with Crippen LogP contribution in [0, 0.1) is 0 Å². The first kappa shape index (κ1) is 11.4. The highest BCUT2D eigenvalue weighted by molar-refractivity contribution is 6.32. The molecule has 2 rings (SSSR count). The topological polar surface area (TPSA) is 84.1 Å². The Labute approximate surface area is 99.0 Å². The predicted molar refractivity (Wildman–Crippen MR) is 63.3 cm³/mol. The van der Waals surface area contributed by atoms with Gasteiger partial charge in [-0.2, -0.15) is 4.98 Å². The summed E-state index contributed by atoms with van der Waals surface area (Å²) in [5.41, 5.74) is 5.48. The summed E-state index contributed by atoms with van der Waals surface area (Å²) in [5, 5.41) is 13.4. The second kappa shape index (κ2) is 4.84. The maximum Gasteiger partial charge on any atom is 0.222 e. The number of nitrogens with zero attached hydrogens (tertiary/aromatic N) is 2. The van der Waals surface area contributed by atoms with Crippen LogP contribution in [0.2, 0.25) is 5.02 Å². The van der Waals surface area contributed by atoms with E-state index in [1.165, 1.54) is 6.20 Å². The molecule has 0 radical (unpaired) electrons. The molecular weight excluding hydrogens is 228 g/mol. The Morgan fingerprint density at radius 2 is 2.19 bits per heavy atom. The lowest BCUT2D eigenvalue weighted by atomic mass is 9.93. The van der Waals surface area contributed by atoms with Crippen molar-refractivity contribution in [3.8, 4) is 0 Å². The summed E-state index contributed by atoms with van der Waals surface area (Å²) in [4.78, 5) is 7.80. The van der Waals surface area contributed by atoms with Crippen LogP contribution in [-0.2, 0) is 0 Å². The van der Waals surface area contributed by atoms with Gasteiger partial charge in [-0.3, -0.25) is 0 Å². The average molecular weight is 243 g/mol. The van der Waals surface area contributed by atoms with Gasteiger partial charge in [0.25, 0.3) is 0 Å². The van der Waals surface area contributed by atoms with E-state index in [4.69, 9.17) is 17.3 Å². The number of nitrogens with one attached hydrogen (secondary N) is 1. The molecule has 6 heteroatoms. The molecule has 0 aliphatic heterocycles. The Bertz CT molecular complexity index is 374. The van der Waals surface area contributed by atoms with Crippen LogP contribution in [-0.4, -0.2) is 27.2 Å². The van der Waals surface area contributed by atoms with E-state index in [0.29, 0.717) is 10.8 Å². The van der Waals surface area contributed by atoms with E-state index in [1.807, 2.05) is 0 Å². The standard InChI is InChI=1S/C10H15ClN4O/c11-6-5-13-10(12)15-9(6)14-7-3-1-2-4-8(7)16/h5,7-8,16H,1-4H2,(H3,12,13,14,15). The minimum absolute atomic E-state index is 0.000509. The van der Waals surface area contributed by atoms with Gasteiger partial charge in [0.15, 0.2) is 5.82 Å². The van der Waals surface area contributed by atoms with Crippen molar-refractivity contribution < 1.29 is 5.11 Å². The van der Waals surface area contributed by atoms with Gasteiger partial charge in [0, 0.05) is 0 Å². The SMILES string of the molecule is Nc1ncc(Cl)c(NC2CCCCC2O)n1. The molecule has 2 atom stereocenters. The van der Waals surface area contributed by atoms with E-state index in [-0.39, 0.29) is 18.1 Å². The molecule has 0 aromatic carbocycles. The maximum absolute atomic E-state index is 9.81. The average Bonchev–Trinajstić information content (AvgIpc) is 2.27. The zero-order valence-corrected chi connectivity index (χ0v) is 9.61. The van der Waals surface area contributed by atoms with Crippen molar-refractivity contribution in [2.24, 2.45) is 0 Å². The number of aliphatic hydroxyl groups excluding tert-OH is 1. The van der Waals surface area contributed by atoms with Gasteiger partial charge in [0.2, 0.25) is 5.95 Å². The fourth-order valence-corrected chi connectivity index (χ4v) is 2.08. The van der Waals surface area contributed by atoms with Gasteiger partial charge in [-0.1, -0.05) is 24.4 Å². The highest BCUT2D eigenvalue weighted by Gasteiger charge is 2.23. The molecule has 5 nitrogen and oxygen atoms in total. The van der Waals surface area contributed by atoms with Crippen LogP contribution in [0.3, 0.4) is 0 Å². The smallest absolute Gasteiger partial charge is 0.222 e. The quantitative estimate of drug-likeness (QED) is 0.731. The first-order valence-corrected chi connectivity index (χ1v) is 5.77. The lowest BCUT2D eigenvalue weighted by molar-refractivity contribution is 0.116. The Hall–Kier alpha value is -1.07. The number of hydrogen-bond acceptors (Lipinski definition) is 5. The van der Waals surface area contributed by atoms with E-state index < -0.39 is 0 Å². The molecule has 0 bridgehead atoms. The number of nitrogens with two attached hydrogens (primary N) is 1. The molecule has 0 spiro atoms. The number of rotatable bonds is 2. The van der Waals surface area contributed by atoms with Crippen LogP contribution in [0.5, 0.6) is 0 Å². The molecule has 4 N–H and O–H groups in total. The van der Waals surface area contributed by atoms with Crippen LogP contribution < -0.4 is 11.1 Å². The number of aromatic nitrogens is 2. The molecule has 1 aromatic rings. The molecule has 16 heavy (non-hydrogen) atoms. The first-order chi connectivity index (χ1) is 7.66. The van der Waals surface area contributed by atoms with E-state index in [9.17, 15) is 5.11 Å². The summed E-state index contributed by atoms with van der Waals surface area (Å²) >= 11 is 5.94. The molecule has 1 saturated carbocycles. The molecule has 0 saturated heterocycles. The maximum atomic E-state index is 9.81. The molecule has 1 heterocycles. The monoisotopic (exact) mass is 242 g/mol. The second-order valence-corrected chi connectivity index (χ2v) is 4.43. The molecule has 88 valence electrons. The normalized spacial score (nSPS) is 25.4. The Kier molecular flexibility index (Phi) is 3.46. The fourth-order valence-electron chi connectivity index (χ4n) is 1.94. The lowest BCUT2D eigenvalue weighted by Gasteiger charge is -2.28. The number of aliphatic hydroxyl groups is 1. The third kappa shape index (κ3) is 2.54. The van der Waals surface area contributed by atoms with Crippen LogP contribution in [0.25, 0.3) is 0 Å². The minimum Gasteiger partial charge on any atom is -0.391 e. The number of halogens is 1. The van der Waals surface area contributed by atoms with Gasteiger partial charge in [-0.15, -0.1) is 0 Å². The molecule has 2 unspecified atom stereocenters. The molecule has 1 aromatic heterocycles. The third-order valence-corrected chi connectivity index (χ3v) is 3.09. The fraction of sp³-hybridized carbons (Fsp3) is 0.600. The van der Waals surface area contributed by atoms with Crippen molar-refractivity contribution in [1.82, 2.24) is 9.97 Å². The third-order valence-electron chi connectivity index (χ3n) is 2.81.